The lowest BCUT2D eigenvalue weighted by atomic mass is 10.1. The number of carbonyl (C=O) groups is 1. The molecule has 94 valence electrons. The van der Waals surface area contributed by atoms with Crippen LogP contribution in [0.15, 0.2) is 12.1 Å². The number of nitrogens with two attached hydrogens (primary N) is 1. The summed E-state index contributed by atoms with van der Waals surface area (Å²) in [5.74, 6) is -2.64. The lowest BCUT2D eigenvalue weighted by Gasteiger charge is -2.11. The molecule has 1 amide bonds. The van der Waals surface area contributed by atoms with Gasteiger partial charge in [-0.2, -0.15) is 11.8 Å². The number of benzene rings is 1. The molecule has 1 aromatic rings. The topological polar surface area (TPSA) is 55.1 Å². The number of nitrogen functional groups attached to an aromatic ring is 1. The van der Waals surface area contributed by atoms with E-state index in [4.69, 9.17) is 5.73 Å². The van der Waals surface area contributed by atoms with Crippen LogP contribution in [0.2, 0.25) is 0 Å². The van der Waals surface area contributed by atoms with Gasteiger partial charge in [-0.1, -0.05) is 6.92 Å². The zero-order chi connectivity index (χ0) is 13.0. The molecule has 1 atom stereocenters. The summed E-state index contributed by atoms with van der Waals surface area (Å²) in [7, 11) is 0. The summed E-state index contributed by atoms with van der Waals surface area (Å²) in [6.45, 7) is 2.39. The number of carbonyl (C=O) groups excluding carboxylic acids is 1. The number of nitrogens with one attached hydrogen (secondary N) is 1. The highest BCUT2D eigenvalue weighted by molar-refractivity contribution is 7.99. The molecular weight excluding hydrogens is 246 g/mol. The Labute approximate surface area is 103 Å². The molecule has 0 aliphatic heterocycles. The van der Waals surface area contributed by atoms with Gasteiger partial charge >= 0.3 is 0 Å². The molecule has 0 bridgehead atoms. The van der Waals surface area contributed by atoms with E-state index in [0.717, 1.165) is 12.1 Å². The largest absolute Gasteiger partial charge is 0.398 e. The summed E-state index contributed by atoms with van der Waals surface area (Å²) in [6, 6.07) is 1.62. The first-order chi connectivity index (χ1) is 7.95. The number of amides is 1. The van der Waals surface area contributed by atoms with E-state index < -0.39 is 17.5 Å². The van der Waals surface area contributed by atoms with Gasteiger partial charge < -0.3 is 11.1 Å². The predicted octanol–water partition coefficient (Wildman–Crippen LogP) is 2.03. The Bertz CT molecular complexity index is 426. The lowest BCUT2D eigenvalue weighted by Crippen LogP contribution is -2.30. The highest BCUT2D eigenvalue weighted by Gasteiger charge is 2.14. The molecule has 1 rings (SSSR count). The van der Waals surface area contributed by atoms with Gasteiger partial charge in [0.1, 0.15) is 0 Å². The van der Waals surface area contributed by atoms with Gasteiger partial charge in [-0.3, -0.25) is 4.79 Å². The maximum Gasteiger partial charge on any atom is 0.253 e. The third-order valence-electron chi connectivity index (χ3n) is 2.29. The molecule has 3 N–H and O–H groups in total. The average Bonchev–Trinajstić information content (AvgIpc) is 2.30. The molecule has 0 heterocycles. The fraction of sp³-hybridized carbons (Fsp3) is 0.364. The Morgan fingerprint density at radius 3 is 2.65 bits per heavy atom. The molecule has 1 aromatic carbocycles. The molecule has 1 unspecified atom stereocenters. The Kier molecular flexibility index (Phi) is 4.74. The zero-order valence-electron chi connectivity index (χ0n) is 9.59. The number of hydrogen-bond donors (Lipinski definition) is 2. The molecule has 0 aliphatic rings. The van der Waals surface area contributed by atoms with Crippen LogP contribution in [0.4, 0.5) is 14.5 Å². The van der Waals surface area contributed by atoms with Crippen LogP contribution in [0.5, 0.6) is 0 Å². The first kappa shape index (κ1) is 13.8. The van der Waals surface area contributed by atoms with Gasteiger partial charge in [-0.15, -0.1) is 0 Å². The molecule has 0 fully saturated rings. The van der Waals surface area contributed by atoms with E-state index in [2.05, 4.69) is 5.32 Å². The summed E-state index contributed by atoms with van der Waals surface area (Å²) in [6.07, 6.45) is 1.92. The van der Waals surface area contributed by atoms with E-state index in [9.17, 15) is 13.6 Å². The summed E-state index contributed by atoms with van der Waals surface area (Å²) in [4.78, 5) is 11.7. The number of thioether (sulfide) groups is 1. The van der Waals surface area contributed by atoms with Crippen molar-refractivity contribution < 1.29 is 13.6 Å². The smallest absolute Gasteiger partial charge is 0.253 e. The van der Waals surface area contributed by atoms with E-state index in [0.29, 0.717) is 6.54 Å². The van der Waals surface area contributed by atoms with Crippen LogP contribution in [-0.2, 0) is 0 Å². The normalized spacial score (nSPS) is 12.2. The van der Waals surface area contributed by atoms with Crippen molar-refractivity contribution in [1.82, 2.24) is 5.32 Å². The Balaban J connectivity index is 2.79. The molecule has 0 spiro atoms. The maximum atomic E-state index is 13.0. The van der Waals surface area contributed by atoms with E-state index in [1.54, 1.807) is 11.8 Å². The quantitative estimate of drug-likeness (QED) is 0.814. The summed E-state index contributed by atoms with van der Waals surface area (Å²) in [5.41, 5.74) is 5.34. The average molecular weight is 260 g/mol. The summed E-state index contributed by atoms with van der Waals surface area (Å²) < 4.78 is 25.8. The van der Waals surface area contributed by atoms with E-state index in [1.807, 2.05) is 13.2 Å². The maximum absolute atomic E-state index is 13.0. The number of hydrogen-bond acceptors (Lipinski definition) is 3. The highest BCUT2D eigenvalue weighted by Crippen LogP contribution is 2.17. The molecular formula is C11H14F2N2OS. The van der Waals surface area contributed by atoms with Crippen molar-refractivity contribution >= 4 is 23.4 Å². The first-order valence-corrected chi connectivity index (χ1v) is 6.30. The third kappa shape index (κ3) is 3.59. The van der Waals surface area contributed by atoms with Gasteiger partial charge in [0.2, 0.25) is 0 Å². The van der Waals surface area contributed by atoms with Crippen molar-refractivity contribution in [3.8, 4) is 0 Å². The Morgan fingerprint density at radius 1 is 1.47 bits per heavy atom. The van der Waals surface area contributed by atoms with Gasteiger partial charge in [0.05, 0.1) is 5.56 Å². The lowest BCUT2D eigenvalue weighted by molar-refractivity contribution is 0.0954. The Hall–Kier alpha value is -1.30. The summed E-state index contributed by atoms with van der Waals surface area (Å²) in [5, 5.41) is 2.85. The van der Waals surface area contributed by atoms with Crippen LogP contribution in [0.1, 0.15) is 17.3 Å². The minimum Gasteiger partial charge on any atom is -0.398 e. The zero-order valence-corrected chi connectivity index (χ0v) is 10.4. The molecule has 17 heavy (non-hydrogen) atoms. The Morgan fingerprint density at radius 2 is 2.06 bits per heavy atom. The van der Waals surface area contributed by atoms with Crippen LogP contribution in [0.3, 0.4) is 0 Å². The fourth-order valence-electron chi connectivity index (χ4n) is 1.17. The van der Waals surface area contributed by atoms with Gasteiger partial charge in [0.25, 0.3) is 5.91 Å². The monoisotopic (exact) mass is 260 g/mol. The highest BCUT2D eigenvalue weighted by atomic mass is 32.2. The molecule has 0 radical (unpaired) electrons. The number of rotatable bonds is 4. The van der Waals surface area contributed by atoms with Crippen LogP contribution in [-0.4, -0.2) is 24.0 Å². The SMILES string of the molecule is CSC(C)CNC(=O)c1cc(F)c(F)cc1N. The van der Waals surface area contributed by atoms with Crippen molar-refractivity contribution in [3.63, 3.8) is 0 Å². The van der Waals surface area contributed by atoms with Crippen LogP contribution in [0, 0.1) is 11.6 Å². The molecule has 0 saturated heterocycles. The van der Waals surface area contributed by atoms with E-state index in [1.165, 1.54) is 0 Å². The predicted molar refractivity (Wildman–Crippen MR) is 66.1 cm³/mol. The minimum atomic E-state index is -1.08. The molecule has 0 aliphatic carbocycles. The van der Waals surface area contributed by atoms with Crippen LogP contribution in [0.25, 0.3) is 0 Å². The second-order valence-electron chi connectivity index (χ2n) is 3.61. The van der Waals surface area contributed by atoms with E-state index >= 15 is 0 Å². The molecule has 0 saturated carbocycles. The van der Waals surface area contributed by atoms with Crippen molar-refractivity contribution in [2.45, 2.75) is 12.2 Å². The standard InChI is InChI=1S/C11H14F2N2OS/c1-6(17-2)5-15-11(16)7-3-8(12)9(13)4-10(7)14/h3-4,6H,5,14H2,1-2H3,(H,15,16). The van der Waals surface area contributed by atoms with Crippen LogP contribution >= 0.6 is 11.8 Å². The van der Waals surface area contributed by atoms with Crippen molar-refractivity contribution in [2.75, 3.05) is 18.5 Å². The van der Waals surface area contributed by atoms with Crippen molar-refractivity contribution in [3.05, 3.63) is 29.3 Å². The second kappa shape index (κ2) is 5.86. The summed E-state index contributed by atoms with van der Waals surface area (Å²) >= 11 is 1.59. The third-order valence-corrected chi connectivity index (χ3v) is 3.26. The molecule has 3 nitrogen and oxygen atoms in total. The first-order valence-electron chi connectivity index (χ1n) is 5.01. The van der Waals surface area contributed by atoms with Crippen molar-refractivity contribution in [1.29, 1.82) is 0 Å². The van der Waals surface area contributed by atoms with Gasteiger partial charge in [0.15, 0.2) is 11.6 Å². The number of halogens is 2. The van der Waals surface area contributed by atoms with Crippen LogP contribution < -0.4 is 11.1 Å². The molecule has 0 aromatic heterocycles. The number of anilines is 1. The molecule has 6 heteroatoms. The second-order valence-corrected chi connectivity index (χ2v) is 4.89. The van der Waals surface area contributed by atoms with Gasteiger partial charge in [0, 0.05) is 23.5 Å². The van der Waals surface area contributed by atoms with Crippen molar-refractivity contribution in [2.24, 2.45) is 0 Å². The van der Waals surface area contributed by atoms with Gasteiger partial charge in [-0.25, -0.2) is 8.78 Å². The minimum absolute atomic E-state index is 0.0443. The van der Waals surface area contributed by atoms with E-state index in [-0.39, 0.29) is 16.5 Å². The van der Waals surface area contributed by atoms with Gasteiger partial charge in [-0.05, 0) is 12.3 Å². The fourth-order valence-corrected chi connectivity index (χ4v) is 1.42.